The number of carbonyl (C=O) groups excluding carboxylic acids is 1. The van der Waals surface area contributed by atoms with Crippen molar-refractivity contribution >= 4 is 5.97 Å². The molecular formula is C15H30N2O4. The zero-order valence-corrected chi connectivity index (χ0v) is 13.8. The molecule has 21 heavy (non-hydrogen) atoms. The maximum absolute atomic E-state index is 12.0. The van der Waals surface area contributed by atoms with Gasteiger partial charge in [-0.05, 0) is 32.6 Å². The first-order valence-corrected chi connectivity index (χ1v) is 7.59. The molecule has 1 saturated carbocycles. The van der Waals surface area contributed by atoms with Gasteiger partial charge in [-0.3, -0.25) is 9.69 Å². The Morgan fingerprint density at radius 3 is 2.67 bits per heavy atom. The normalized spacial score (nSPS) is 27.6. The van der Waals surface area contributed by atoms with Crippen molar-refractivity contribution in [2.45, 2.75) is 50.2 Å². The van der Waals surface area contributed by atoms with Crippen molar-refractivity contribution in [3.8, 4) is 0 Å². The summed E-state index contributed by atoms with van der Waals surface area (Å²) >= 11 is 0. The van der Waals surface area contributed by atoms with E-state index in [2.05, 4.69) is 11.8 Å². The monoisotopic (exact) mass is 302 g/mol. The van der Waals surface area contributed by atoms with Gasteiger partial charge >= 0.3 is 5.97 Å². The van der Waals surface area contributed by atoms with Crippen LogP contribution in [-0.4, -0.2) is 69.6 Å². The molecule has 1 aliphatic carbocycles. The molecule has 0 amide bonds. The summed E-state index contributed by atoms with van der Waals surface area (Å²) in [6, 6.07) is 0.512. The van der Waals surface area contributed by atoms with Crippen LogP contribution >= 0.6 is 0 Å². The van der Waals surface area contributed by atoms with Crippen LogP contribution in [0.2, 0.25) is 0 Å². The summed E-state index contributed by atoms with van der Waals surface area (Å²) in [6.07, 6.45) is 3.28. The predicted octanol–water partition coefficient (Wildman–Crippen LogP) is 0.783. The molecule has 0 saturated heterocycles. The number of nitrogens with zero attached hydrogens (tertiary/aromatic N) is 1. The maximum Gasteiger partial charge on any atom is 0.325 e. The van der Waals surface area contributed by atoms with Crippen LogP contribution in [0.15, 0.2) is 0 Å². The number of hydrogen-bond acceptors (Lipinski definition) is 6. The van der Waals surface area contributed by atoms with E-state index < -0.39 is 5.54 Å². The van der Waals surface area contributed by atoms with Gasteiger partial charge in [-0.2, -0.15) is 0 Å². The molecule has 1 fully saturated rings. The Balaban J connectivity index is 2.78. The third-order valence-electron chi connectivity index (χ3n) is 4.35. The zero-order chi connectivity index (χ0) is 15.9. The van der Waals surface area contributed by atoms with E-state index in [-0.39, 0.29) is 18.1 Å². The van der Waals surface area contributed by atoms with Crippen molar-refractivity contribution in [2.75, 3.05) is 41.1 Å². The number of carbonyl (C=O) groups is 1. The van der Waals surface area contributed by atoms with Gasteiger partial charge in [0.1, 0.15) is 5.54 Å². The molecule has 0 bridgehead atoms. The van der Waals surface area contributed by atoms with Crippen molar-refractivity contribution in [3.05, 3.63) is 0 Å². The second-order valence-electron chi connectivity index (χ2n) is 5.93. The van der Waals surface area contributed by atoms with E-state index in [1.165, 1.54) is 7.11 Å². The Morgan fingerprint density at radius 2 is 2.10 bits per heavy atom. The SMILES string of the molecule is COCCN(C(C)COC)C1CCCC(N)(C(=O)OC)C1. The highest BCUT2D eigenvalue weighted by molar-refractivity contribution is 5.80. The van der Waals surface area contributed by atoms with E-state index in [0.717, 1.165) is 19.4 Å². The number of rotatable bonds is 8. The average Bonchev–Trinajstić information content (AvgIpc) is 2.47. The quantitative estimate of drug-likeness (QED) is 0.668. The molecule has 0 radical (unpaired) electrons. The van der Waals surface area contributed by atoms with Crippen LogP contribution in [0.4, 0.5) is 0 Å². The Kier molecular flexibility index (Phi) is 7.59. The molecule has 124 valence electrons. The van der Waals surface area contributed by atoms with E-state index in [0.29, 0.717) is 26.1 Å². The Bertz CT molecular complexity index is 327. The molecule has 0 aromatic rings. The molecule has 0 aromatic carbocycles. The summed E-state index contributed by atoms with van der Waals surface area (Å²) in [4.78, 5) is 14.3. The summed E-state index contributed by atoms with van der Waals surface area (Å²) in [5.41, 5.74) is 5.42. The minimum Gasteiger partial charge on any atom is -0.468 e. The van der Waals surface area contributed by atoms with Gasteiger partial charge in [-0.15, -0.1) is 0 Å². The predicted molar refractivity (Wildman–Crippen MR) is 81.1 cm³/mol. The first kappa shape index (κ1) is 18.4. The van der Waals surface area contributed by atoms with Gasteiger partial charge in [0.15, 0.2) is 0 Å². The lowest BCUT2D eigenvalue weighted by atomic mass is 9.78. The van der Waals surface area contributed by atoms with E-state index in [1.807, 2.05) is 0 Å². The van der Waals surface area contributed by atoms with Gasteiger partial charge in [0, 0.05) is 32.8 Å². The number of esters is 1. The lowest BCUT2D eigenvalue weighted by molar-refractivity contribution is -0.149. The summed E-state index contributed by atoms with van der Waals surface area (Å²) < 4.78 is 15.4. The van der Waals surface area contributed by atoms with E-state index >= 15 is 0 Å². The third kappa shape index (κ3) is 4.92. The lowest BCUT2D eigenvalue weighted by Gasteiger charge is -2.43. The first-order chi connectivity index (χ1) is 9.98. The molecule has 0 spiro atoms. The molecule has 3 unspecified atom stereocenters. The Labute approximate surface area is 127 Å². The number of methoxy groups -OCH3 is 3. The van der Waals surface area contributed by atoms with Crippen LogP contribution < -0.4 is 5.73 Å². The summed E-state index contributed by atoms with van der Waals surface area (Å²) in [5.74, 6) is -0.307. The number of hydrogen-bond donors (Lipinski definition) is 1. The van der Waals surface area contributed by atoms with Crippen molar-refractivity contribution < 1.29 is 19.0 Å². The highest BCUT2D eigenvalue weighted by Gasteiger charge is 2.42. The smallest absolute Gasteiger partial charge is 0.325 e. The minimum absolute atomic E-state index is 0.253. The van der Waals surface area contributed by atoms with Crippen molar-refractivity contribution in [1.82, 2.24) is 4.90 Å². The van der Waals surface area contributed by atoms with E-state index in [4.69, 9.17) is 19.9 Å². The van der Waals surface area contributed by atoms with Crippen molar-refractivity contribution in [2.24, 2.45) is 5.73 Å². The van der Waals surface area contributed by atoms with Gasteiger partial charge in [0.2, 0.25) is 0 Å². The molecule has 6 heteroatoms. The molecular weight excluding hydrogens is 272 g/mol. The summed E-state index contributed by atoms with van der Waals surface area (Å²) in [5, 5.41) is 0. The van der Waals surface area contributed by atoms with Gasteiger partial charge in [0.05, 0.1) is 20.3 Å². The standard InChI is InChI=1S/C15H30N2O4/c1-12(11-20-3)17(8-9-19-2)13-6-5-7-15(16,10-13)14(18)21-4/h12-13H,5-11,16H2,1-4H3. The van der Waals surface area contributed by atoms with Crippen LogP contribution in [0.3, 0.4) is 0 Å². The molecule has 3 atom stereocenters. The van der Waals surface area contributed by atoms with Crippen molar-refractivity contribution in [1.29, 1.82) is 0 Å². The van der Waals surface area contributed by atoms with Crippen LogP contribution in [0.5, 0.6) is 0 Å². The topological polar surface area (TPSA) is 74.0 Å². The second-order valence-corrected chi connectivity index (χ2v) is 5.93. The first-order valence-electron chi connectivity index (χ1n) is 7.59. The second kappa shape index (κ2) is 8.68. The molecule has 0 aliphatic heterocycles. The Hall–Kier alpha value is -0.690. The average molecular weight is 302 g/mol. The molecule has 1 rings (SSSR count). The number of ether oxygens (including phenoxy) is 3. The molecule has 1 aliphatic rings. The fraction of sp³-hybridized carbons (Fsp3) is 0.933. The third-order valence-corrected chi connectivity index (χ3v) is 4.35. The van der Waals surface area contributed by atoms with Crippen LogP contribution in [0.25, 0.3) is 0 Å². The molecule has 6 nitrogen and oxygen atoms in total. The number of nitrogens with two attached hydrogens (primary N) is 1. The minimum atomic E-state index is -0.865. The maximum atomic E-state index is 12.0. The van der Waals surface area contributed by atoms with Gasteiger partial charge in [0.25, 0.3) is 0 Å². The van der Waals surface area contributed by atoms with Gasteiger partial charge < -0.3 is 19.9 Å². The zero-order valence-electron chi connectivity index (χ0n) is 13.8. The fourth-order valence-corrected chi connectivity index (χ4v) is 3.25. The van der Waals surface area contributed by atoms with Crippen LogP contribution in [-0.2, 0) is 19.0 Å². The molecule has 0 heterocycles. The summed E-state index contributed by atoms with van der Waals surface area (Å²) in [6.45, 7) is 4.24. The lowest BCUT2D eigenvalue weighted by Crippen LogP contribution is -2.58. The highest BCUT2D eigenvalue weighted by atomic mass is 16.5. The Morgan fingerprint density at radius 1 is 1.38 bits per heavy atom. The largest absolute Gasteiger partial charge is 0.468 e. The fourth-order valence-electron chi connectivity index (χ4n) is 3.25. The van der Waals surface area contributed by atoms with Gasteiger partial charge in [-0.25, -0.2) is 0 Å². The molecule has 2 N–H and O–H groups in total. The van der Waals surface area contributed by atoms with Crippen LogP contribution in [0.1, 0.15) is 32.6 Å². The summed E-state index contributed by atoms with van der Waals surface area (Å²) in [7, 11) is 4.80. The highest BCUT2D eigenvalue weighted by Crippen LogP contribution is 2.31. The van der Waals surface area contributed by atoms with Crippen molar-refractivity contribution in [3.63, 3.8) is 0 Å². The molecule has 0 aromatic heterocycles. The van der Waals surface area contributed by atoms with E-state index in [1.54, 1.807) is 14.2 Å². The van der Waals surface area contributed by atoms with Crippen LogP contribution in [0, 0.1) is 0 Å². The van der Waals surface area contributed by atoms with Gasteiger partial charge in [-0.1, -0.05) is 0 Å². The van der Waals surface area contributed by atoms with E-state index in [9.17, 15) is 4.79 Å².